The van der Waals surface area contributed by atoms with Gasteiger partial charge in [0.25, 0.3) is 0 Å². The molecule has 1 aliphatic carbocycles. The minimum atomic E-state index is 0.208. The van der Waals surface area contributed by atoms with E-state index in [1.54, 1.807) is 0 Å². The molecule has 1 aromatic heterocycles. The van der Waals surface area contributed by atoms with Gasteiger partial charge in [-0.25, -0.2) is 0 Å². The van der Waals surface area contributed by atoms with Crippen LogP contribution in [0, 0.1) is 5.92 Å². The highest BCUT2D eigenvalue weighted by atomic mass is 16.2. The zero-order valence-electron chi connectivity index (χ0n) is 13.9. The molecule has 1 aromatic rings. The number of aromatic nitrogens is 1. The zero-order chi connectivity index (χ0) is 15.5. The van der Waals surface area contributed by atoms with Crippen LogP contribution < -0.4 is 5.32 Å². The maximum absolute atomic E-state index is 12.5. The Morgan fingerprint density at radius 3 is 2.82 bits per heavy atom. The first-order valence-electron chi connectivity index (χ1n) is 8.80. The molecule has 1 saturated heterocycles. The lowest BCUT2D eigenvalue weighted by molar-refractivity contribution is -0.123. The fraction of sp³-hybridized carbons (Fsp3) is 0.722. The van der Waals surface area contributed by atoms with Crippen molar-refractivity contribution in [2.75, 3.05) is 13.1 Å². The van der Waals surface area contributed by atoms with Crippen molar-refractivity contribution in [3.8, 4) is 0 Å². The van der Waals surface area contributed by atoms with Crippen LogP contribution >= 0.6 is 0 Å². The number of carbonyl (C=O) groups is 1. The monoisotopic (exact) mass is 303 g/mol. The average molecular weight is 303 g/mol. The lowest BCUT2D eigenvalue weighted by Crippen LogP contribution is -2.45. The van der Waals surface area contributed by atoms with E-state index in [1.807, 2.05) is 0 Å². The van der Waals surface area contributed by atoms with E-state index in [0.717, 1.165) is 19.4 Å². The molecule has 3 rings (SSSR count). The van der Waals surface area contributed by atoms with Gasteiger partial charge in [0.2, 0.25) is 5.91 Å². The minimum Gasteiger partial charge on any atom is -0.353 e. The van der Waals surface area contributed by atoms with Gasteiger partial charge in [-0.1, -0.05) is 19.8 Å². The quantitative estimate of drug-likeness (QED) is 0.928. The summed E-state index contributed by atoms with van der Waals surface area (Å²) in [6.07, 6.45) is 9.40. The summed E-state index contributed by atoms with van der Waals surface area (Å²) in [4.78, 5) is 14.8. The predicted octanol–water partition coefficient (Wildman–Crippen LogP) is 2.86. The van der Waals surface area contributed by atoms with Crippen LogP contribution in [0.5, 0.6) is 0 Å². The maximum Gasteiger partial charge on any atom is 0.234 e. The number of carbonyl (C=O) groups excluding carboxylic acids is 1. The Bertz CT molecular complexity index is 510. The molecule has 0 radical (unpaired) electrons. The summed E-state index contributed by atoms with van der Waals surface area (Å²) in [7, 11) is 2.09. The van der Waals surface area contributed by atoms with Crippen LogP contribution in [0.1, 0.15) is 57.2 Å². The van der Waals surface area contributed by atoms with Crippen molar-refractivity contribution in [3.63, 3.8) is 0 Å². The number of aryl methyl sites for hydroxylation is 1. The molecule has 2 fully saturated rings. The summed E-state index contributed by atoms with van der Waals surface area (Å²) in [5.74, 6) is 0.833. The molecular weight excluding hydrogens is 274 g/mol. The molecule has 2 heterocycles. The molecule has 4 nitrogen and oxygen atoms in total. The van der Waals surface area contributed by atoms with E-state index in [9.17, 15) is 4.79 Å². The van der Waals surface area contributed by atoms with Crippen LogP contribution in [-0.2, 0) is 11.8 Å². The summed E-state index contributed by atoms with van der Waals surface area (Å²) >= 11 is 0. The van der Waals surface area contributed by atoms with E-state index in [0.29, 0.717) is 24.5 Å². The van der Waals surface area contributed by atoms with E-state index in [2.05, 4.69) is 47.1 Å². The summed E-state index contributed by atoms with van der Waals surface area (Å²) < 4.78 is 2.18. The van der Waals surface area contributed by atoms with E-state index >= 15 is 0 Å². The van der Waals surface area contributed by atoms with Crippen molar-refractivity contribution in [1.82, 2.24) is 14.8 Å². The Balaban J connectivity index is 1.57. The molecule has 4 heteroatoms. The third kappa shape index (κ3) is 3.37. The maximum atomic E-state index is 12.5. The summed E-state index contributed by atoms with van der Waals surface area (Å²) in [6.45, 7) is 3.84. The van der Waals surface area contributed by atoms with Crippen LogP contribution in [0.15, 0.2) is 18.3 Å². The number of hydrogen-bond acceptors (Lipinski definition) is 2. The van der Waals surface area contributed by atoms with E-state index in [4.69, 9.17) is 0 Å². The summed E-state index contributed by atoms with van der Waals surface area (Å²) in [6, 6.07) is 5.06. The standard InChI is InChI=1S/C18H29N3O/c1-14-7-3-4-8-15(14)19-18(22)13-21-12-6-10-17(21)16-9-5-11-20(16)2/h5,9,11,14-15,17H,3-4,6-8,10,12-13H2,1-2H3,(H,19,22)/t14-,15-,17-/m1/s1. The molecule has 2 aliphatic rings. The van der Waals surface area contributed by atoms with Crippen molar-refractivity contribution in [2.45, 2.75) is 57.5 Å². The topological polar surface area (TPSA) is 37.3 Å². The van der Waals surface area contributed by atoms with Gasteiger partial charge in [0, 0.05) is 25.0 Å². The second kappa shape index (κ2) is 6.86. The Kier molecular flexibility index (Phi) is 4.87. The largest absolute Gasteiger partial charge is 0.353 e. The van der Waals surface area contributed by atoms with Crippen molar-refractivity contribution in [1.29, 1.82) is 0 Å². The van der Waals surface area contributed by atoms with Crippen molar-refractivity contribution >= 4 is 5.91 Å². The molecule has 0 spiro atoms. The third-order valence-electron chi connectivity index (χ3n) is 5.49. The van der Waals surface area contributed by atoms with Crippen LogP contribution in [0.25, 0.3) is 0 Å². The molecule has 1 aliphatic heterocycles. The van der Waals surface area contributed by atoms with Crippen molar-refractivity contribution in [2.24, 2.45) is 13.0 Å². The highest BCUT2D eigenvalue weighted by Crippen LogP contribution is 2.31. The van der Waals surface area contributed by atoms with Gasteiger partial charge in [-0.3, -0.25) is 9.69 Å². The fourth-order valence-electron chi connectivity index (χ4n) is 4.14. The number of rotatable bonds is 4. The average Bonchev–Trinajstić information content (AvgIpc) is 3.10. The number of hydrogen-bond donors (Lipinski definition) is 1. The summed E-state index contributed by atoms with van der Waals surface area (Å²) in [5, 5.41) is 3.29. The Morgan fingerprint density at radius 2 is 2.09 bits per heavy atom. The normalized spacial score (nSPS) is 29.6. The number of nitrogens with zero attached hydrogens (tertiary/aromatic N) is 2. The number of likely N-dealkylation sites (tertiary alicyclic amines) is 1. The van der Waals surface area contributed by atoms with E-state index in [1.165, 1.54) is 31.4 Å². The lowest BCUT2D eigenvalue weighted by atomic mass is 9.86. The summed E-state index contributed by atoms with van der Waals surface area (Å²) in [5.41, 5.74) is 1.33. The molecule has 1 N–H and O–H groups in total. The zero-order valence-corrected chi connectivity index (χ0v) is 13.9. The minimum absolute atomic E-state index is 0.208. The van der Waals surface area contributed by atoms with Gasteiger partial charge in [-0.15, -0.1) is 0 Å². The van der Waals surface area contributed by atoms with Crippen LogP contribution in [0.2, 0.25) is 0 Å². The Hall–Kier alpha value is -1.29. The van der Waals surface area contributed by atoms with Crippen molar-refractivity contribution < 1.29 is 4.79 Å². The fourth-order valence-corrected chi connectivity index (χ4v) is 4.14. The Morgan fingerprint density at radius 1 is 1.27 bits per heavy atom. The van der Waals surface area contributed by atoms with Crippen LogP contribution in [-0.4, -0.2) is 34.5 Å². The van der Waals surface area contributed by atoms with Gasteiger partial charge in [0.15, 0.2) is 0 Å². The van der Waals surface area contributed by atoms with Crippen LogP contribution in [0.4, 0.5) is 0 Å². The predicted molar refractivity (Wildman–Crippen MR) is 88.5 cm³/mol. The van der Waals surface area contributed by atoms with Gasteiger partial charge < -0.3 is 9.88 Å². The molecule has 1 amide bonds. The van der Waals surface area contributed by atoms with Gasteiger partial charge in [-0.2, -0.15) is 0 Å². The number of amides is 1. The van der Waals surface area contributed by atoms with Gasteiger partial charge >= 0.3 is 0 Å². The molecular formula is C18H29N3O. The SMILES string of the molecule is C[C@@H]1CCCC[C@H]1NC(=O)CN1CCC[C@@H]1c1cccn1C. The van der Waals surface area contributed by atoms with Gasteiger partial charge in [-0.05, 0) is 50.3 Å². The molecule has 122 valence electrons. The van der Waals surface area contributed by atoms with E-state index < -0.39 is 0 Å². The van der Waals surface area contributed by atoms with Gasteiger partial charge in [0.1, 0.15) is 0 Å². The molecule has 0 bridgehead atoms. The number of nitrogens with one attached hydrogen (secondary N) is 1. The first kappa shape index (κ1) is 15.6. The molecule has 0 unspecified atom stereocenters. The van der Waals surface area contributed by atoms with E-state index in [-0.39, 0.29) is 5.91 Å². The highest BCUT2D eigenvalue weighted by Gasteiger charge is 2.30. The second-order valence-corrected chi connectivity index (χ2v) is 7.11. The third-order valence-corrected chi connectivity index (χ3v) is 5.49. The molecule has 22 heavy (non-hydrogen) atoms. The molecule has 1 saturated carbocycles. The lowest BCUT2D eigenvalue weighted by Gasteiger charge is -2.31. The van der Waals surface area contributed by atoms with Gasteiger partial charge in [0.05, 0.1) is 12.6 Å². The molecule has 0 aromatic carbocycles. The van der Waals surface area contributed by atoms with Crippen molar-refractivity contribution in [3.05, 3.63) is 24.0 Å². The van der Waals surface area contributed by atoms with Crippen LogP contribution in [0.3, 0.4) is 0 Å². The first-order chi connectivity index (χ1) is 10.6. The smallest absolute Gasteiger partial charge is 0.234 e. The highest BCUT2D eigenvalue weighted by molar-refractivity contribution is 5.78. The Labute approximate surface area is 133 Å². The second-order valence-electron chi connectivity index (χ2n) is 7.11. The first-order valence-corrected chi connectivity index (χ1v) is 8.80. The molecule has 3 atom stereocenters.